The average Bonchev–Trinajstić information content (AvgIpc) is 3.56. The molecule has 1 aromatic carbocycles. The summed E-state index contributed by atoms with van der Waals surface area (Å²) in [4.78, 5) is 15.5. The number of nitrogens with zero attached hydrogens (tertiary/aromatic N) is 2. The third-order valence-electron chi connectivity index (χ3n) is 7.45. The molecule has 3 aromatic rings. The number of H-pyrrole nitrogens is 1. The van der Waals surface area contributed by atoms with Gasteiger partial charge in [0, 0.05) is 30.1 Å². The number of piperidine rings is 1. The van der Waals surface area contributed by atoms with E-state index in [0.29, 0.717) is 11.5 Å². The molecule has 3 heterocycles. The molecular formula is C27H34N4O2S. The molecule has 2 atom stereocenters. The summed E-state index contributed by atoms with van der Waals surface area (Å²) >= 11 is 1.54. The minimum absolute atomic E-state index is 0.0333. The van der Waals surface area contributed by atoms with Crippen molar-refractivity contribution >= 4 is 17.2 Å². The minimum atomic E-state index is -0.147. The van der Waals surface area contributed by atoms with Crippen molar-refractivity contribution in [1.82, 2.24) is 20.4 Å². The summed E-state index contributed by atoms with van der Waals surface area (Å²) in [6, 6.07) is 12.5. The van der Waals surface area contributed by atoms with E-state index in [-0.39, 0.29) is 23.5 Å². The Morgan fingerprint density at radius 1 is 1.29 bits per heavy atom. The molecule has 180 valence electrons. The zero-order chi connectivity index (χ0) is 23.7. The van der Waals surface area contributed by atoms with Gasteiger partial charge in [-0.3, -0.25) is 14.8 Å². The molecule has 0 saturated carbocycles. The lowest BCUT2D eigenvalue weighted by Gasteiger charge is -2.44. The van der Waals surface area contributed by atoms with E-state index in [1.165, 1.54) is 28.2 Å². The summed E-state index contributed by atoms with van der Waals surface area (Å²) in [6.07, 6.45) is 2.92. The van der Waals surface area contributed by atoms with Crippen molar-refractivity contribution in [2.24, 2.45) is 5.92 Å². The summed E-state index contributed by atoms with van der Waals surface area (Å²) < 4.78 is 6.16. The fourth-order valence-electron chi connectivity index (χ4n) is 5.91. The second-order valence-electron chi connectivity index (χ2n) is 10.1. The van der Waals surface area contributed by atoms with Crippen molar-refractivity contribution in [2.45, 2.75) is 57.2 Å². The van der Waals surface area contributed by atoms with Crippen LogP contribution in [0.5, 0.6) is 0 Å². The molecule has 5 rings (SSSR count). The van der Waals surface area contributed by atoms with Gasteiger partial charge in [-0.05, 0) is 66.9 Å². The van der Waals surface area contributed by atoms with Crippen molar-refractivity contribution in [3.8, 4) is 0 Å². The summed E-state index contributed by atoms with van der Waals surface area (Å²) in [7, 11) is 1.79. The first kappa shape index (κ1) is 23.3. The predicted octanol–water partition coefficient (Wildman–Crippen LogP) is 4.70. The molecule has 2 aromatic heterocycles. The smallest absolute Gasteiger partial charge is 0.252 e. The number of carbonyl (C=O) groups excluding carboxylic acids is 1. The third kappa shape index (κ3) is 4.32. The van der Waals surface area contributed by atoms with Crippen LogP contribution in [0.3, 0.4) is 0 Å². The SMILES string of the molecule is CO[C@H]1[C@H](NC(=O)c2ccsc2)c2ccccc2C12CCN(Cc1cc(CC(C)C)n[nH]1)CC2. The number of ether oxygens (including phenoxy) is 1. The van der Waals surface area contributed by atoms with E-state index in [0.717, 1.165) is 44.6 Å². The average molecular weight is 479 g/mol. The molecule has 1 saturated heterocycles. The number of methoxy groups -OCH3 is 1. The second kappa shape index (κ2) is 9.64. The van der Waals surface area contributed by atoms with Crippen LogP contribution in [0.2, 0.25) is 0 Å². The highest BCUT2D eigenvalue weighted by Crippen LogP contribution is 2.52. The summed E-state index contributed by atoms with van der Waals surface area (Å²) in [5, 5.41) is 14.9. The molecule has 2 aliphatic rings. The van der Waals surface area contributed by atoms with E-state index in [1.54, 1.807) is 7.11 Å². The van der Waals surface area contributed by atoms with Crippen LogP contribution in [0.4, 0.5) is 0 Å². The molecule has 0 radical (unpaired) electrons. The topological polar surface area (TPSA) is 70.2 Å². The largest absolute Gasteiger partial charge is 0.378 e. The van der Waals surface area contributed by atoms with E-state index >= 15 is 0 Å². The molecule has 1 spiro atoms. The predicted molar refractivity (Wildman–Crippen MR) is 135 cm³/mol. The molecule has 6 nitrogen and oxygen atoms in total. The monoisotopic (exact) mass is 478 g/mol. The van der Waals surface area contributed by atoms with Gasteiger partial charge in [0.2, 0.25) is 0 Å². The van der Waals surface area contributed by atoms with E-state index in [2.05, 4.69) is 64.6 Å². The van der Waals surface area contributed by atoms with Crippen LogP contribution in [0, 0.1) is 5.92 Å². The number of aromatic amines is 1. The van der Waals surface area contributed by atoms with E-state index < -0.39 is 0 Å². The third-order valence-corrected chi connectivity index (χ3v) is 8.13. The number of hydrogen-bond acceptors (Lipinski definition) is 5. The summed E-state index contributed by atoms with van der Waals surface area (Å²) in [5.74, 6) is 0.571. The number of amides is 1. The lowest BCUT2D eigenvalue weighted by atomic mass is 9.72. The Labute approximate surface area is 205 Å². The first-order chi connectivity index (χ1) is 16.5. The number of benzene rings is 1. The van der Waals surface area contributed by atoms with E-state index in [4.69, 9.17) is 4.74 Å². The normalized spacial score (nSPS) is 21.8. The van der Waals surface area contributed by atoms with Crippen molar-refractivity contribution in [3.05, 3.63) is 75.2 Å². The van der Waals surface area contributed by atoms with Crippen LogP contribution in [-0.4, -0.2) is 47.3 Å². The van der Waals surface area contributed by atoms with Gasteiger partial charge in [-0.15, -0.1) is 0 Å². The van der Waals surface area contributed by atoms with Crippen LogP contribution in [0.15, 0.2) is 47.2 Å². The van der Waals surface area contributed by atoms with Gasteiger partial charge < -0.3 is 10.1 Å². The highest BCUT2D eigenvalue weighted by atomic mass is 32.1. The van der Waals surface area contributed by atoms with Gasteiger partial charge in [-0.25, -0.2) is 0 Å². The van der Waals surface area contributed by atoms with Gasteiger partial charge >= 0.3 is 0 Å². The zero-order valence-electron chi connectivity index (χ0n) is 20.2. The number of carbonyl (C=O) groups is 1. The molecule has 2 N–H and O–H groups in total. The lowest BCUT2D eigenvalue weighted by molar-refractivity contribution is -0.0123. The molecule has 34 heavy (non-hydrogen) atoms. The molecule has 1 fully saturated rings. The summed E-state index contributed by atoms with van der Waals surface area (Å²) in [5.41, 5.74) is 5.47. The number of nitrogens with one attached hydrogen (secondary N) is 2. The molecule has 1 aliphatic heterocycles. The molecular weight excluding hydrogens is 444 g/mol. The number of rotatable bonds is 7. The maximum atomic E-state index is 13.0. The molecule has 7 heteroatoms. The first-order valence-electron chi connectivity index (χ1n) is 12.2. The van der Waals surface area contributed by atoms with Crippen molar-refractivity contribution in [3.63, 3.8) is 0 Å². The Morgan fingerprint density at radius 2 is 2.09 bits per heavy atom. The van der Waals surface area contributed by atoms with Gasteiger partial charge in [-0.1, -0.05) is 38.1 Å². The Balaban J connectivity index is 1.33. The maximum absolute atomic E-state index is 13.0. The number of likely N-dealkylation sites (tertiary alicyclic amines) is 1. The Bertz CT molecular complexity index is 1120. The minimum Gasteiger partial charge on any atom is -0.378 e. The lowest BCUT2D eigenvalue weighted by Crippen LogP contribution is -2.50. The quantitative estimate of drug-likeness (QED) is 0.516. The Morgan fingerprint density at radius 3 is 2.79 bits per heavy atom. The highest BCUT2D eigenvalue weighted by molar-refractivity contribution is 7.08. The first-order valence-corrected chi connectivity index (χ1v) is 13.2. The van der Waals surface area contributed by atoms with Crippen LogP contribution in [-0.2, 0) is 23.1 Å². The van der Waals surface area contributed by atoms with E-state index in [9.17, 15) is 4.79 Å². The standard InChI is InChI=1S/C27H34N4O2S/c1-18(2)14-20-15-21(30-29-20)16-31-11-9-27(10-12-31)23-7-5-4-6-22(23)24(25(27)33-3)28-26(32)19-8-13-34-17-19/h4-8,13,15,17-18,24-25H,9-12,14,16H2,1-3H3,(H,28,32)(H,29,30)/t24-,25+/m1/s1. The van der Waals surface area contributed by atoms with E-state index in [1.807, 2.05) is 16.8 Å². The Hall–Kier alpha value is -2.48. The van der Waals surface area contributed by atoms with Gasteiger partial charge in [0.15, 0.2) is 0 Å². The van der Waals surface area contributed by atoms with Gasteiger partial charge in [0.25, 0.3) is 5.91 Å². The number of hydrogen-bond donors (Lipinski definition) is 2. The fraction of sp³-hybridized carbons (Fsp3) is 0.481. The van der Waals surface area contributed by atoms with Crippen LogP contribution in [0.25, 0.3) is 0 Å². The van der Waals surface area contributed by atoms with Gasteiger partial charge in [0.1, 0.15) is 0 Å². The number of thiophene rings is 1. The molecule has 0 bridgehead atoms. The fourth-order valence-corrected chi connectivity index (χ4v) is 6.54. The molecule has 1 amide bonds. The van der Waals surface area contributed by atoms with Crippen LogP contribution >= 0.6 is 11.3 Å². The zero-order valence-corrected chi connectivity index (χ0v) is 21.0. The maximum Gasteiger partial charge on any atom is 0.252 e. The van der Waals surface area contributed by atoms with Crippen molar-refractivity contribution < 1.29 is 9.53 Å². The van der Waals surface area contributed by atoms with Crippen LogP contribution in [0.1, 0.15) is 65.6 Å². The molecule has 0 unspecified atom stereocenters. The van der Waals surface area contributed by atoms with Crippen molar-refractivity contribution in [2.75, 3.05) is 20.2 Å². The van der Waals surface area contributed by atoms with Crippen LogP contribution < -0.4 is 5.32 Å². The number of fused-ring (bicyclic) bond motifs is 2. The Kier molecular flexibility index (Phi) is 6.60. The summed E-state index contributed by atoms with van der Waals surface area (Å²) in [6.45, 7) is 7.30. The molecule has 1 aliphatic carbocycles. The number of aromatic nitrogens is 2. The highest BCUT2D eigenvalue weighted by Gasteiger charge is 2.54. The second-order valence-corrected chi connectivity index (χ2v) is 10.9. The van der Waals surface area contributed by atoms with Gasteiger partial charge in [0.05, 0.1) is 23.4 Å². The van der Waals surface area contributed by atoms with Gasteiger partial charge in [-0.2, -0.15) is 16.4 Å². The van der Waals surface area contributed by atoms with Crippen molar-refractivity contribution in [1.29, 1.82) is 0 Å².